The van der Waals surface area contributed by atoms with Crippen molar-refractivity contribution in [1.29, 1.82) is 0 Å². The van der Waals surface area contributed by atoms with Crippen LogP contribution in [0.1, 0.15) is 39.5 Å². The zero-order valence-corrected chi connectivity index (χ0v) is 18.0. The van der Waals surface area contributed by atoms with E-state index in [0.29, 0.717) is 23.6 Å². The molecule has 0 bridgehead atoms. The number of rotatable bonds is 5. The lowest BCUT2D eigenvalue weighted by Gasteiger charge is -2.16. The second-order valence-corrected chi connectivity index (χ2v) is 8.59. The predicted octanol–water partition coefficient (Wildman–Crippen LogP) is 3.62. The number of nitrogens with two attached hydrogens (primary N) is 1. The molecule has 4 aromatic rings. The smallest absolute Gasteiger partial charge is 0.252 e. The van der Waals surface area contributed by atoms with Gasteiger partial charge in [-0.05, 0) is 49.8 Å². The summed E-state index contributed by atoms with van der Waals surface area (Å²) in [6.07, 6.45) is 4.91. The van der Waals surface area contributed by atoms with E-state index in [1.54, 1.807) is 23.5 Å². The van der Waals surface area contributed by atoms with Crippen LogP contribution in [0.5, 0.6) is 0 Å². The van der Waals surface area contributed by atoms with E-state index in [4.69, 9.17) is 15.7 Å². The molecule has 9 heteroatoms. The monoisotopic (exact) mass is 433 g/mol. The fourth-order valence-electron chi connectivity index (χ4n) is 3.97. The van der Waals surface area contributed by atoms with E-state index in [1.807, 2.05) is 23.6 Å². The van der Waals surface area contributed by atoms with Gasteiger partial charge in [-0.15, -0.1) is 11.3 Å². The standard InChI is InChI=1S/C22H23N7OS/c1-13-18(29-10-4-7-15(19(23)30)22(29)26-13)21-27-16-8-2-3-9-24-17(16)20(28-21)25-12-14-6-5-11-31-14/h4-7,10-11,24H,2-3,8-9,12H2,1H3,(H2,23,30)(H,25,27,28). The number of pyridine rings is 1. The minimum atomic E-state index is -0.507. The molecule has 0 atom stereocenters. The van der Waals surface area contributed by atoms with Gasteiger partial charge in [-0.3, -0.25) is 9.20 Å². The van der Waals surface area contributed by atoms with Crippen molar-refractivity contribution >= 4 is 34.4 Å². The number of thiophene rings is 1. The number of imidazole rings is 1. The molecule has 1 aliphatic heterocycles. The summed E-state index contributed by atoms with van der Waals surface area (Å²) in [5, 5.41) is 9.07. The van der Waals surface area contributed by atoms with Crippen LogP contribution in [0.2, 0.25) is 0 Å². The van der Waals surface area contributed by atoms with Gasteiger partial charge in [-0.2, -0.15) is 0 Å². The lowest BCUT2D eigenvalue weighted by atomic mass is 10.2. The molecule has 5 heterocycles. The van der Waals surface area contributed by atoms with Crippen molar-refractivity contribution in [3.63, 3.8) is 0 Å². The number of aromatic nitrogens is 4. The maximum absolute atomic E-state index is 11.9. The van der Waals surface area contributed by atoms with Crippen molar-refractivity contribution in [3.05, 3.63) is 57.7 Å². The summed E-state index contributed by atoms with van der Waals surface area (Å²) in [6.45, 7) is 3.50. The van der Waals surface area contributed by atoms with E-state index < -0.39 is 5.91 Å². The van der Waals surface area contributed by atoms with E-state index >= 15 is 0 Å². The summed E-state index contributed by atoms with van der Waals surface area (Å²) in [7, 11) is 0. The van der Waals surface area contributed by atoms with Crippen molar-refractivity contribution in [1.82, 2.24) is 19.4 Å². The highest BCUT2D eigenvalue weighted by molar-refractivity contribution is 7.09. The zero-order valence-electron chi connectivity index (χ0n) is 17.2. The number of amides is 1. The quantitative estimate of drug-likeness (QED) is 0.443. The highest BCUT2D eigenvalue weighted by Gasteiger charge is 2.22. The van der Waals surface area contributed by atoms with Gasteiger partial charge in [-0.25, -0.2) is 15.0 Å². The summed E-state index contributed by atoms with van der Waals surface area (Å²) in [6, 6.07) is 7.62. The number of hydrogen-bond acceptors (Lipinski definition) is 7. The lowest BCUT2D eigenvalue weighted by Crippen LogP contribution is -2.13. The van der Waals surface area contributed by atoms with Crippen LogP contribution in [0, 0.1) is 6.92 Å². The van der Waals surface area contributed by atoms with E-state index in [9.17, 15) is 4.79 Å². The molecule has 158 valence electrons. The molecule has 0 spiro atoms. The van der Waals surface area contributed by atoms with Gasteiger partial charge in [0.25, 0.3) is 5.91 Å². The van der Waals surface area contributed by atoms with Crippen molar-refractivity contribution in [2.45, 2.75) is 32.7 Å². The average molecular weight is 434 g/mol. The molecule has 4 N–H and O–H groups in total. The summed E-state index contributed by atoms with van der Waals surface area (Å²) in [4.78, 5) is 27.5. The number of primary amides is 1. The first-order valence-corrected chi connectivity index (χ1v) is 11.2. The maximum atomic E-state index is 11.9. The molecule has 0 radical (unpaired) electrons. The first-order valence-electron chi connectivity index (χ1n) is 10.3. The third-order valence-corrected chi connectivity index (χ3v) is 6.31. The van der Waals surface area contributed by atoms with Crippen LogP contribution in [0.25, 0.3) is 17.2 Å². The molecule has 31 heavy (non-hydrogen) atoms. The highest BCUT2D eigenvalue weighted by Crippen LogP contribution is 2.32. The van der Waals surface area contributed by atoms with Crippen LogP contribution in [-0.2, 0) is 13.0 Å². The third-order valence-electron chi connectivity index (χ3n) is 5.44. The number of carbonyl (C=O) groups excluding carboxylic acids is 1. The predicted molar refractivity (Wildman–Crippen MR) is 123 cm³/mol. The van der Waals surface area contributed by atoms with Crippen LogP contribution >= 0.6 is 11.3 Å². The molecule has 8 nitrogen and oxygen atoms in total. The van der Waals surface area contributed by atoms with Crippen LogP contribution in [-0.4, -0.2) is 31.8 Å². The highest BCUT2D eigenvalue weighted by atomic mass is 32.1. The Morgan fingerprint density at radius 1 is 1.26 bits per heavy atom. The number of nitrogens with one attached hydrogen (secondary N) is 2. The number of carbonyl (C=O) groups is 1. The van der Waals surface area contributed by atoms with Gasteiger partial charge in [0, 0.05) is 17.6 Å². The molecular weight excluding hydrogens is 410 g/mol. The largest absolute Gasteiger partial charge is 0.381 e. The zero-order chi connectivity index (χ0) is 21.4. The first-order chi connectivity index (χ1) is 15.1. The van der Waals surface area contributed by atoms with Gasteiger partial charge in [0.1, 0.15) is 11.3 Å². The molecule has 0 saturated heterocycles. The van der Waals surface area contributed by atoms with E-state index in [-0.39, 0.29) is 0 Å². The number of aryl methyl sites for hydroxylation is 2. The van der Waals surface area contributed by atoms with Crippen LogP contribution in [0.3, 0.4) is 0 Å². The van der Waals surface area contributed by atoms with Gasteiger partial charge >= 0.3 is 0 Å². The minimum Gasteiger partial charge on any atom is -0.381 e. The molecule has 5 rings (SSSR count). The topological polar surface area (TPSA) is 110 Å². The van der Waals surface area contributed by atoms with Gasteiger partial charge in [0.2, 0.25) is 0 Å². The fourth-order valence-corrected chi connectivity index (χ4v) is 4.61. The maximum Gasteiger partial charge on any atom is 0.252 e. The Morgan fingerprint density at radius 3 is 2.97 bits per heavy atom. The Balaban J connectivity index is 1.65. The molecule has 0 fully saturated rings. The van der Waals surface area contributed by atoms with Crippen LogP contribution in [0.4, 0.5) is 11.5 Å². The number of fused-ring (bicyclic) bond motifs is 2. The molecule has 1 aliphatic rings. The Bertz CT molecular complexity index is 1260. The van der Waals surface area contributed by atoms with Gasteiger partial charge in [0.05, 0.1) is 29.2 Å². The normalized spacial score (nSPS) is 13.5. The molecule has 0 aliphatic carbocycles. The summed E-state index contributed by atoms with van der Waals surface area (Å²) < 4.78 is 1.85. The van der Waals surface area contributed by atoms with Gasteiger partial charge < -0.3 is 16.4 Å². The molecule has 0 unspecified atom stereocenters. The Hall–Kier alpha value is -3.46. The Kier molecular flexibility index (Phi) is 5.03. The summed E-state index contributed by atoms with van der Waals surface area (Å²) in [5.74, 6) is 0.867. The SMILES string of the molecule is Cc1nc2c(C(N)=O)cccn2c1-c1nc2c(c(NCc3cccs3)n1)NCCCC2. The van der Waals surface area contributed by atoms with E-state index in [1.165, 1.54) is 4.88 Å². The van der Waals surface area contributed by atoms with E-state index in [2.05, 4.69) is 27.1 Å². The minimum absolute atomic E-state index is 0.379. The average Bonchev–Trinajstić information content (AvgIpc) is 3.32. The van der Waals surface area contributed by atoms with Crippen LogP contribution in [0.15, 0.2) is 35.8 Å². The van der Waals surface area contributed by atoms with E-state index in [0.717, 1.165) is 54.4 Å². The van der Waals surface area contributed by atoms with Gasteiger partial charge in [0.15, 0.2) is 11.6 Å². The summed E-state index contributed by atoms with van der Waals surface area (Å²) >= 11 is 1.71. The van der Waals surface area contributed by atoms with Crippen molar-refractivity contribution in [2.24, 2.45) is 5.73 Å². The second-order valence-electron chi connectivity index (χ2n) is 7.56. The first kappa shape index (κ1) is 19.5. The van der Waals surface area contributed by atoms with Crippen molar-refractivity contribution in [3.8, 4) is 11.5 Å². The molecule has 4 aromatic heterocycles. The Labute approximate surface area is 183 Å². The fraction of sp³-hybridized carbons (Fsp3) is 0.273. The number of nitrogens with zero attached hydrogens (tertiary/aromatic N) is 4. The second kappa shape index (κ2) is 7.99. The van der Waals surface area contributed by atoms with Crippen molar-refractivity contribution in [2.75, 3.05) is 17.2 Å². The molecule has 0 aromatic carbocycles. The van der Waals surface area contributed by atoms with Crippen molar-refractivity contribution < 1.29 is 4.79 Å². The van der Waals surface area contributed by atoms with Crippen LogP contribution < -0.4 is 16.4 Å². The number of anilines is 2. The lowest BCUT2D eigenvalue weighted by molar-refractivity contribution is 0.100. The molecule has 1 amide bonds. The molecule has 0 saturated carbocycles. The summed E-state index contributed by atoms with van der Waals surface area (Å²) in [5.41, 5.74) is 9.94. The number of hydrogen-bond donors (Lipinski definition) is 3. The van der Waals surface area contributed by atoms with Gasteiger partial charge in [-0.1, -0.05) is 6.07 Å². The Morgan fingerprint density at radius 2 is 2.16 bits per heavy atom. The third kappa shape index (κ3) is 3.61. The molecular formula is C22H23N7OS.